The Kier molecular flexibility index (Phi) is 4.85. The number of benzene rings is 2. The van der Waals surface area contributed by atoms with Crippen molar-refractivity contribution in [3.05, 3.63) is 89.5 Å². The molecule has 2 N–H and O–H groups in total. The van der Waals surface area contributed by atoms with Crippen molar-refractivity contribution < 1.29 is 19.1 Å². The molecule has 8 heteroatoms. The first-order valence-electron chi connectivity index (χ1n) is 8.82. The number of hydrogen-bond donors (Lipinski definition) is 2. The second-order valence-electron chi connectivity index (χ2n) is 6.33. The van der Waals surface area contributed by atoms with Gasteiger partial charge in [0.15, 0.2) is 0 Å². The molecule has 0 aliphatic rings. The van der Waals surface area contributed by atoms with Crippen molar-refractivity contribution in [3.63, 3.8) is 0 Å². The number of hydrazone groups is 1. The van der Waals surface area contributed by atoms with Gasteiger partial charge in [0.25, 0.3) is 11.8 Å². The van der Waals surface area contributed by atoms with Gasteiger partial charge in [-0.3, -0.25) is 14.2 Å². The first kappa shape index (κ1) is 18.7. The molecule has 0 bridgehead atoms. The van der Waals surface area contributed by atoms with Crippen molar-refractivity contribution in [2.24, 2.45) is 5.10 Å². The van der Waals surface area contributed by atoms with Gasteiger partial charge >= 0.3 is 0 Å². The largest absolute Gasteiger partial charge is 0.507 e. The highest BCUT2D eigenvalue weighted by atomic mass is 16.3. The molecule has 0 saturated carbocycles. The molecule has 30 heavy (non-hydrogen) atoms. The molecular weight excluding hydrogens is 384 g/mol. The van der Waals surface area contributed by atoms with E-state index in [1.165, 1.54) is 41.5 Å². The summed E-state index contributed by atoms with van der Waals surface area (Å²) < 4.78 is 6.49. The molecular formula is C22H14N4O4. The van der Waals surface area contributed by atoms with Gasteiger partial charge in [-0.05, 0) is 36.4 Å². The van der Waals surface area contributed by atoms with Crippen molar-refractivity contribution in [1.29, 1.82) is 5.26 Å². The Morgan fingerprint density at radius 1 is 1.17 bits per heavy atom. The van der Waals surface area contributed by atoms with Gasteiger partial charge in [-0.15, -0.1) is 0 Å². The fourth-order valence-corrected chi connectivity index (χ4v) is 3.00. The number of aromatic nitrogens is 1. The molecule has 146 valence electrons. The average molecular weight is 398 g/mol. The fraction of sp³-hybridized carbons (Fsp3) is 0. The number of hydrogen-bond acceptors (Lipinski definition) is 6. The van der Waals surface area contributed by atoms with Crippen LogP contribution in [0.5, 0.6) is 5.75 Å². The summed E-state index contributed by atoms with van der Waals surface area (Å²) in [5.74, 6) is -0.942. The minimum atomic E-state index is -0.525. The molecule has 2 aromatic carbocycles. The third-order valence-electron chi connectivity index (χ3n) is 4.50. The van der Waals surface area contributed by atoms with E-state index in [1.807, 2.05) is 12.1 Å². The maximum absolute atomic E-state index is 12.6. The third kappa shape index (κ3) is 3.43. The molecule has 2 heterocycles. The number of nitriles is 1. The van der Waals surface area contributed by atoms with Crippen LogP contribution in [-0.2, 0) is 0 Å². The second kappa shape index (κ2) is 7.77. The number of rotatable bonds is 4. The van der Waals surface area contributed by atoms with Crippen LogP contribution in [0.15, 0.2) is 76.8 Å². The normalized spacial score (nSPS) is 10.9. The summed E-state index contributed by atoms with van der Waals surface area (Å²) in [4.78, 5) is 24.8. The summed E-state index contributed by atoms with van der Waals surface area (Å²) in [5.41, 5.74) is 4.41. The average Bonchev–Trinajstić information content (AvgIpc) is 3.44. The lowest BCUT2D eigenvalue weighted by Gasteiger charge is -2.04. The van der Waals surface area contributed by atoms with Gasteiger partial charge in [0.05, 0.1) is 29.1 Å². The molecule has 4 rings (SSSR count). The number of phenolic OH excluding ortho intramolecular Hbond substituents is 1. The van der Waals surface area contributed by atoms with Crippen molar-refractivity contribution >= 4 is 28.9 Å². The molecule has 0 spiro atoms. The smallest absolute Gasteiger partial charge is 0.271 e. The van der Waals surface area contributed by atoms with E-state index >= 15 is 0 Å². The Morgan fingerprint density at radius 3 is 2.80 bits per heavy atom. The molecule has 0 atom stereocenters. The minimum Gasteiger partial charge on any atom is -0.507 e. The van der Waals surface area contributed by atoms with Gasteiger partial charge in [0, 0.05) is 22.7 Å². The molecule has 0 aliphatic heterocycles. The first-order valence-corrected chi connectivity index (χ1v) is 8.82. The van der Waals surface area contributed by atoms with Crippen molar-refractivity contribution in [2.45, 2.75) is 0 Å². The first-order chi connectivity index (χ1) is 14.6. The van der Waals surface area contributed by atoms with Gasteiger partial charge in [0.1, 0.15) is 18.1 Å². The van der Waals surface area contributed by atoms with E-state index in [0.29, 0.717) is 16.6 Å². The predicted molar refractivity (Wildman–Crippen MR) is 108 cm³/mol. The van der Waals surface area contributed by atoms with Crippen LogP contribution in [0.4, 0.5) is 0 Å². The molecule has 4 aromatic rings. The quantitative estimate of drug-likeness (QED) is 0.404. The molecule has 0 unspecified atom stereocenters. The van der Waals surface area contributed by atoms with Crippen LogP contribution in [0.3, 0.4) is 0 Å². The highest BCUT2D eigenvalue weighted by Crippen LogP contribution is 2.21. The van der Waals surface area contributed by atoms with Crippen molar-refractivity contribution in [3.8, 4) is 11.8 Å². The molecule has 8 nitrogen and oxygen atoms in total. The van der Waals surface area contributed by atoms with Gasteiger partial charge < -0.3 is 9.52 Å². The van der Waals surface area contributed by atoms with Gasteiger partial charge in [0.2, 0.25) is 0 Å². The van der Waals surface area contributed by atoms with E-state index in [9.17, 15) is 14.7 Å². The van der Waals surface area contributed by atoms with E-state index in [0.717, 1.165) is 5.39 Å². The summed E-state index contributed by atoms with van der Waals surface area (Å²) in [6, 6.07) is 14.5. The summed E-state index contributed by atoms with van der Waals surface area (Å²) in [6.07, 6.45) is 5.96. The van der Waals surface area contributed by atoms with E-state index in [4.69, 9.17) is 9.68 Å². The highest BCUT2D eigenvalue weighted by molar-refractivity contribution is 6.06. The number of nitrogens with zero attached hydrogens (tertiary/aromatic N) is 3. The van der Waals surface area contributed by atoms with Crippen LogP contribution in [-0.4, -0.2) is 27.7 Å². The number of carbonyl (C=O) groups excluding carboxylic acids is 2. The number of amides is 1. The molecule has 0 fully saturated rings. The number of furan rings is 1. The third-order valence-corrected chi connectivity index (χ3v) is 4.50. The fourth-order valence-electron chi connectivity index (χ4n) is 3.00. The van der Waals surface area contributed by atoms with Crippen LogP contribution in [0.1, 0.15) is 31.8 Å². The Balaban J connectivity index is 1.56. The monoisotopic (exact) mass is 398 g/mol. The number of nitrogens with one attached hydrogen (secondary N) is 1. The molecule has 2 aromatic heterocycles. The maximum atomic E-state index is 12.6. The van der Waals surface area contributed by atoms with Crippen LogP contribution < -0.4 is 5.43 Å². The van der Waals surface area contributed by atoms with E-state index in [2.05, 4.69) is 10.5 Å². The number of carbonyl (C=O) groups is 2. The predicted octanol–water partition coefficient (Wildman–Crippen LogP) is 3.26. The standard InChI is InChI=1S/C22H14N4O4/c23-11-17-10-14(4-5-20(17)27)21(28)25-24-12-15-2-1-3-19-18(15)6-8-26(19)22(29)16-7-9-30-13-16/h1-10,12-13,27H,(H,25,28)/b24-12+. The highest BCUT2D eigenvalue weighted by Gasteiger charge is 2.14. The summed E-state index contributed by atoms with van der Waals surface area (Å²) in [6.45, 7) is 0. The lowest BCUT2D eigenvalue weighted by atomic mass is 10.1. The van der Waals surface area contributed by atoms with Gasteiger partial charge in [-0.1, -0.05) is 12.1 Å². The van der Waals surface area contributed by atoms with Crippen LogP contribution in [0.2, 0.25) is 0 Å². The number of phenols is 1. The summed E-state index contributed by atoms with van der Waals surface area (Å²) >= 11 is 0. The van der Waals surface area contributed by atoms with E-state index in [1.54, 1.807) is 30.5 Å². The van der Waals surface area contributed by atoms with E-state index < -0.39 is 5.91 Å². The zero-order chi connectivity index (χ0) is 21.1. The zero-order valence-corrected chi connectivity index (χ0v) is 15.4. The van der Waals surface area contributed by atoms with Crippen LogP contribution >= 0.6 is 0 Å². The van der Waals surface area contributed by atoms with Crippen LogP contribution in [0.25, 0.3) is 10.9 Å². The SMILES string of the molecule is N#Cc1cc(C(=O)N/N=C/c2cccc3c2ccn3C(=O)c2ccoc2)ccc1O. The Hall–Kier alpha value is -4.64. The Morgan fingerprint density at radius 2 is 2.03 bits per heavy atom. The maximum Gasteiger partial charge on any atom is 0.271 e. The van der Waals surface area contributed by atoms with Gasteiger partial charge in [-0.2, -0.15) is 10.4 Å². The lowest BCUT2D eigenvalue weighted by molar-refractivity contribution is 0.0950. The Bertz CT molecular complexity index is 1330. The van der Waals surface area contributed by atoms with Crippen LogP contribution in [0, 0.1) is 11.3 Å². The summed E-state index contributed by atoms with van der Waals surface area (Å²) in [7, 11) is 0. The van der Waals surface area contributed by atoms with Crippen molar-refractivity contribution in [2.75, 3.05) is 0 Å². The van der Waals surface area contributed by atoms with E-state index in [-0.39, 0.29) is 22.8 Å². The zero-order valence-electron chi connectivity index (χ0n) is 15.4. The second-order valence-corrected chi connectivity index (χ2v) is 6.33. The summed E-state index contributed by atoms with van der Waals surface area (Å²) in [5, 5.41) is 23.2. The van der Waals surface area contributed by atoms with Gasteiger partial charge in [-0.25, -0.2) is 5.43 Å². The molecule has 1 amide bonds. The van der Waals surface area contributed by atoms with Crippen molar-refractivity contribution in [1.82, 2.24) is 9.99 Å². The number of fused-ring (bicyclic) bond motifs is 1. The number of aromatic hydroxyl groups is 1. The molecule has 0 aliphatic carbocycles. The molecule has 0 radical (unpaired) electrons. The lowest BCUT2D eigenvalue weighted by Crippen LogP contribution is -2.17. The molecule has 0 saturated heterocycles. The topological polar surface area (TPSA) is 121 Å². The minimum absolute atomic E-state index is 0.0000247. The Labute approximate surface area is 170 Å².